The van der Waals surface area contributed by atoms with E-state index in [9.17, 15) is 0 Å². The summed E-state index contributed by atoms with van der Waals surface area (Å²) in [6.07, 6.45) is 5.27. The lowest BCUT2D eigenvalue weighted by molar-refractivity contribution is 0.105. The molecule has 4 nitrogen and oxygen atoms in total. The summed E-state index contributed by atoms with van der Waals surface area (Å²) in [6.45, 7) is 12.5. The first-order valence-electron chi connectivity index (χ1n) is 8.56. The number of likely N-dealkylation sites (N-methyl/N-ethyl adjacent to an activating group) is 1. The maximum atomic E-state index is 5.59. The predicted octanol–water partition coefficient (Wildman–Crippen LogP) is 1.81. The summed E-state index contributed by atoms with van der Waals surface area (Å²) >= 11 is 0. The van der Waals surface area contributed by atoms with Crippen molar-refractivity contribution in [2.24, 2.45) is 0 Å². The van der Waals surface area contributed by atoms with E-state index in [0.717, 1.165) is 30.9 Å². The van der Waals surface area contributed by atoms with Gasteiger partial charge in [-0.05, 0) is 19.5 Å². The number of terminal acetylenes is 1. The summed E-state index contributed by atoms with van der Waals surface area (Å²) in [5, 5.41) is 3.55. The Hall–Kier alpha value is -1.54. The normalized spacial score (nSPS) is 17.6. The van der Waals surface area contributed by atoms with Crippen LogP contribution < -0.4 is 10.1 Å². The van der Waals surface area contributed by atoms with E-state index in [-0.39, 0.29) is 0 Å². The minimum Gasteiger partial charge on any atom is -0.481 e. The fraction of sp³-hybridized carbons (Fsp3) is 0.579. The van der Waals surface area contributed by atoms with Gasteiger partial charge in [0.25, 0.3) is 0 Å². The van der Waals surface area contributed by atoms with E-state index >= 15 is 0 Å². The smallest absolute Gasteiger partial charge is 0.148 e. The number of nitrogens with zero attached hydrogens (tertiary/aromatic N) is 2. The maximum absolute atomic E-state index is 5.59. The van der Waals surface area contributed by atoms with E-state index in [1.165, 1.54) is 26.2 Å². The van der Waals surface area contributed by atoms with Gasteiger partial charge < -0.3 is 15.0 Å². The molecule has 0 saturated carbocycles. The number of rotatable bonds is 8. The molecule has 1 heterocycles. The van der Waals surface area contributed by atoms with E-state index in [1.54, 1.807) is 0 Å². The van der Waals surface area contributed by atoms with Crippen molar-refractivity contribution in [3.63, 3.8) is 0 Å². The van der Waals surface area contributed by atoms with E-state index < -0.39 is 0 Å². The number of para-hydroxylation sites is 1. The van der Waals surface area contributed by atoms with Crippen molar-refractivity contribution in [2.75, 3.05) is 45.9 Å². The molecule has 0 spiro atoms. The molecule has 0 aliphatic carbocycles. The average Bonchev–Trinajstić information content (AvgIpc) is 2.61. The summed E-state index contributed by atoms with van der Waals surface area (Å²) in [6, 6.07) is 8.62. The molecule has 126 valence electrons. The first-order chi connectivity index (χ1) is 11.2. The lowest BCUT2D eigenvalue weighted by atomic mass is 10.2. The number of nitrogens with one attached hydrogen (secondary N) is 1. The molecule has 1 atom stereocenters. The van der Waals surface area contributed by atoms with Crippen molar-refractivity contribution >= 4 is 0 Å². The highest BCUT2D eigenvalue weighted by Gasteiger charge is 2.19. The second kappa shape index (κ2) is 9.57. The second-order valence-corrected chi connectivity index (χ2v) is 6.05. The van der Waals surface area contributed by atoms with E-state index in [4.69, 9.17) is 11.2 Å². The quantitative estimate of drug-likeness (QED) is 0.741. The third kappa shape index (κ3) is 5.54. The average molecular weight is 315 g/mol. The number of ether oxygens (including phenoxy) is 1. The lowest BCUT2D eigenvalue weighted by Crippen LogP contribution is -2.51. The van der Waals surface area contributed by atoms with Crippen LogP contribution in [0.4, 0.5) is 0 Å². The molecule has 1 N–H and O–H groups in total. The summed E-state index contributed by atoms with van der Waals surface area (Å²) in [7, 11) is 0. The van der Waals surface area contributed by atoms with Crippen LogP contribution in [-0.4, -0.2) is 61.7 Å². The van der Waals surface area contributed by atoms with Gasteiger partial charge in [0.2, 0.25) is 0 Å². The topological polar surface area (TPSA) is 27.7 Å². The van der Waals surface area contributed by atoms with Crippen LogP contribution in [0.5, 0.6) is 5.75 Å². The van der Waals surface area contributed by atoms with Gasteiger partial charge in [-0.2, -0.15) is 0 Å². The van der Waals surface area contributed by atoms with E-state index in [0.29, 0.717) is 12.6 Å². The van der Waals surface area contributed by atoms with Crippen molar-refractivity contribution in [1.82, 2.24) is 15.1 Å². The van der Waals surface area contributed by atoms with Crippen LogP contribution in [0, 0.1) is 12.3 Å². The summed E-state index contributed by atoms with van der Waals surface area (Å²) in [5.41, 5.74) is 1.16. The van der Waals surface area contributed by atoms with Crippen LogP contribution in [-0.2, 0) is 6.54 Å². The molecule has 4 heteroatoms. The monoisotopic (exact) mass is 315 g/mol. The van der Waals surface area contributed by atoms with Crippen molar-refractivity contribution in [2.45, 2.75) is 26.4 Å². The molecular formula is C19H29N3O. The number of hydrogen-bond donors (Lipinski definition) is 1. The largest absolute Gasteiger partial charge is 0.481 e. The predicted molar refractivity (Wildman–Crippen MR) is 95.6 cm³/mol. The molecule has 1 aromatic rings. The molecule has 1 saturated heterocycles. The Morgan fingerprint density at radius 2 is 2.00 bits per heavy atom. The first kappa shape index (κ1) is 17.8. The molecule has 1 unspecified atom stereocenters. The number of piperazine rings is 1. The van der Waals surface area contributed by atoms with Crippen LogP contribution in [0.25, 0.3) is 0 Å². The zero-order valence-corrected chi connectivity index (χ0v) is 14.4. The van der Waals surface area contributed by atoms with Gasteiger partial charge in [0.1, 0.15) is 12.4 Å². The van der Waals surface area contributed by atoms with Crippen LogP contribution >= 0.6 is 0 Å². The van der Waals surface area contributed by atoms with Gasteiger partial charge >= 0.3 is 0 Å². The molecule has 0 radical (unpaired) electrons. The highest BCUT2D eigenvalue weighted by Crippen LogP contribution is 2.17. The fourth-order valence-electron chi connectivity index (χ4n) is 2.98. The highest BCUT2D eigenvalue weighted by molar-refractivity contribution is 5.33. The fourth-order valence-corrected chi connectivity index (χ4v) is 2.98. The zero-order chi connectivity index (χ0) is 16.5. The molecule has 0 aromatic heterocycles. The minimum absolute atomic E-state index is 0.315. The third-order valence-electron chi connectivity index (χ3n) is 4.52. The molecule has 1 aromatic carbocycles. The highest BCUT2D eigenvalue weighted by atomic mass is 16.5. The summed E-state index contributed by atoms with van der Waals surface area (Å²) in [4.78, 5) is 5.08. The lowest BCUT2D eigenvalue weighted by Gasteiger charge is -2.37. The molecule has 2 rings (SSSR count). The number of hydrogen-bond acceptors (Lipinski definition) is 4. The Labute approximate surface area is 140 Å². The van der Waals surface area contributed by atoms with Gasteiger partial charge in [-0.3, -0.25) is 4.90 Å². The molecular weight excluding hydrogens is 286 g/mol. The van der Waals surface area contributed by atoms with Crippen LogP contribution in [0.3, 0.4) is 0 Å². The van der Waals surface area contributed by atoms with Crippen LogP contribution in [0.1, 0.15) is 19.4 Å². The Kier molecular flexibility index (Phi) is 7.41. The molecule has 23 heavy (non-hydrogen) atoms. The molecule has 1 aliphatic heterocycles. The summed E-state index contributed by atoms with van der Waals surface area (Å²) < 4.78 is 5.59. The van der Waals surface area contributed by atoms with Gasteiger partial charge in [-0.15, -0.1) is 6.42 Å². The molecule has 1 fully saturated rings. The molecule has 0 bridgehead atoms. The van der Waals surface area contributed by atoms with Gasteiger partial charge in [0.15, 0.2) is 0 Å². The van der Waals surface area contributed by atoms with Crippen LogP contribution in [0.15, 0.2) is 24.3 Å². The molecule has 1 aliphatic rings. The standard InChI is InChI=1S/C19H29N3O/c1-4-14-23-19-9-7-6-8-18(19)16-20-15-17(3)22-12-10-21(5-2)11-13-22/h1,6-9,17,20H,5,10-16H2,2-3H3. The van der Waals surface area contributed by atoms with Gasteiger partial charge in [0.05, 0.1) is 0 Å². The zero-order valence-electron chi connectivity index (χ0n) is 14.4. The van der Waals surface area contributed by atoms with Crippen molar-refractivity contribution in [3.8, 4) is 18.1 Å². The Balaban J connectivity index is 1.75. The Bertz CT molecular complexity index is 504. The minimum atomic E-state index is 0.315. The summed E-state index contributed by atoms with van der Waals surface area (Å²) in [5.74, 6) is 3.39. The van der Waals surface area contributed by atoms with E-state index in [2.05, 4.69) is 41.0 Å². The maximum Gasteiger partial charge on any atom is 0.148 e. The van der Waals surface area contributed by atoms with Crippen molar-refractivity contribution in [3.05, 3.63) is 29.8 Å². The van der Waals surface area contributed by atoms with Gasteiger partial charge in [-0.25, -0.2) is 0 Å². The van der Waals surface area contributed by atoms with Crippen LogP contribution in [0.2, 0.25) is 0 Å². The van der Waals surface area contributed by atoms with Crippen molar-refractivity contribution < 1.29 is 4.74 Å². The van der Waals surface area contributed by atoms with Gasteiger partial charge in [0, 0.05) is 50.9 Å². The number of benzene rings is 1. The SMILES string of the molecule is C#CCOc1ccccc1CNCC(C)N1CCN(CC)CC1. The molecule has 0 amide bonds. The first-order valence-corrected chi connectivity index (χ1v) is 8.56. The third-order valence-corrected chi connectivity index (χ3v) is 4.52. The van der Waals surface area contributed by atoms with Gasteiger partial charge in [-0.1, -0.05) is 31.0 Å². The second-order valence-electron chi connectivity index (χ2n) is 6.05. The van der Waals surface area contributed by atoms with E-state index in [1.807, 2.05) is 18.2 Å². The Morgan fingerprint density at radius 3 is 2.70 bits per heavy atom. The Morgan fingerprint density at radius 1 is 1.26 bits per heavy atom. The van der Waals surface area contributed by atoms with Crippen molar-refractivity contribution in [1.29, 1.82) is 0 Å².